The van der Waals surface area contributed by atoms with Crippen molar-refractivity contribution in [2.24, 2.45) is 0 Å². The van der Waals surface area contributed by atoms with Crippen molar-refractivity contribution in [3.05, 3.63) is 12.7 Å². The molecule has 0 aromatic carbocycles. The highest BCUT2D eigenvalue weighted by molar-refractivity contribution is 5.30. The van der Waals surface area contributed by atoms with E-state index in [1.807, 2.05) is 19.0 Å². The third kappa shape index (κ3) is 0.804. The Balaban J connectivity index is 2.77. The highest BCUT2D eigenvalue weighted by atomic mass is 16.3. The van der Waals surface area contributed by atoms with E-state index >= 15 is 0 Å². The van der Waals surface area contributed by atoms with E-state index in [4.69, 9.17) is 0 Å². The summed E-state index contributed by atoms with van der Waals surface area (Å²) in [6, 6.07) is 0. The number of anilines is 1. The van der Waals surface area contributed by atoms with E-state index in [2.05, 4.69) is 15.8 Å². The maximum atomic E-state index is 4.60. The van der Waals surface area contributed by atoms with Crippen LogP contribution in [-0.2, 0) is 0 Å². The molecule has 3 nitrogen and oxygen atoms in total. The molecule has 43 valence electrons. The van der Waals surface area contributed by atoms with Crippen LogP contribution in [0.1, 0.15) is 0 Å². The van der Waals surface area contributed by atoms with Gasteiger partial charge in [0.15, 0.2) is 5.82 Å². The van der Waals surface area contributed by atoms with Crippen LogP contribution in [0.2, 0.25) is 0 Å². The average molecular weight is 111 g/mol. The standard InChI is InChI=1S/C5H7N2O/c1-7(2)5-3-8-4-6-5/h3H,1-2H3. The van der Waals surface area contributed by atoms with Gasteiger partial charge in [0.05, 0.1) is 0 Å². The molecule has 0 amide bonds. The molecule has 0 atom stereocenters. The third-order valence-corrected chi connectivity index (χ3v) is 0.835. The molecule has 1 rings (SSSR count). The molecule has 0 spiro atoms. The van der Waals surface area contributed by atoms with Gasteiger partial charge in [-0.25, -0.2) is 0 Å². The van der Waals surface area contributed by atoms with Crippen LogP contribution in [-0.4, -0.2) is 19.1 Å². The maximum Gasteiger partial charge on any atom is 0.285 e. The Morgan fingerprint density at radius 1 is 1.75 bits per heavy atom. The Kier molecular flexibility index (Phi) is 1.20. The molecule has 8 heavy (non-hydrogen) atoms. The molecule has 0 fully saturated rings. The van der Waals surface area contributed by atoms with Gasteiger partial charge in [-0.05, 0) is 0 Å². The van der Waals surface area contributed by atoms with Crippen molar-refractivity contribution in [1.29, 1.82) is 0 Å². The first-order valence-electron chi connectivity index (χ1n) is 2.29. The van der Waals surface area contributed by atoms with Crippen molar-refractivity contribution in [3.63, 3.8) is 0 Å². The zero-order valence-electron chi connectivity index (χ0n) is 4.88. The van der Waals surface area contributed by atoms with E-state index in [0.29, 0.717) is 0 Å². The predicted molar refractivity (Wildman–Crippen MR) is 29.7 cm³/mol. The quantitative estimate of drug-likeness (QED) is 0.529. The normalized spacial score (nSPS) is 9.25. The Morgan fingerprint density at radius 3 is 2.75 bits per heavy atom. The topological polar surface area (TPSA) is 29.3 Å². The van der Waals surface area contributed by atoms with E-state index in [9.17, 15) is 0 Å². The summed E-state index contributed by atoms with van der Waals surface area (Å²) in [7, 11) is 3.79. The molecule has 1 heterocycles. The minimum atomic E-state index is 0.796. The number of oxazole rings is 1. The van der Waals surface area contributed by atoms with E-state index < -0.39 is 0 Å². The molecule has 1 radical (unpaired) electrons. The van der Waals surface area contributed by atoms with Crippen LogP contribution < -0.4 is 4.90 Å². The van der Waals surface area contributed by atoms with Gasteiger partial charge in [-0.3, -0.25) is 0 Å². The van der Waals surface area contributed by atoms with E-state index in [1.54, 1.807) is 6.26 Å². The lowest BCUT2D eigenvalue weighted by Crippen LogP contribution is -2.08. The first-order valence-corrected chi connectivity index (χ1v) is 2.29. The summed E-state index contributed by atoms with van der Waals surface area (Å²) in [5, 5.41) is 0. The average Bonchev–Trinajstić information content (AvgIpc) is 2.12. The number of nitrogens with zero attached hydrogens (tertiary/aromatic N) is 2. The van der Waals surface area contributed by atoms with Gasteiger partial charge in [-0.1, -0.05) is 0 Å². The molecule has 0 aliphatic heterocycles. The fraction of sp³-hybridized carbons (Fsp3) is 0.400. The largest absolute Gasteiger partial charge is 0.439 e. The lowest BCUT2D eigenvalue weighted by molar-refractivity contribution is 0.548. The van der Waals surface area contributed by atoms with Crippen LogP contribution in [0.15, 0.2) is 10.7 Å². The highest BCUT2D eigenvalue weighted by Crippen LogP contribution is 2.02. The SMILES string of the molecule is CN(C)c1co[c]n1. The number of hydrogen-bond acceptors (Lipinski definition) is 3. The van der Waals surface area contributed by atoms with Gasteiger partial charge < -0.3 is 9.32 Å². The molecule has 1 aromatic heterocycles. The van der Waals surface area contributed by atoms with Crippen molar-refractivity contribution in [1.82, 2.24) is 4.98 Å². The van der Waals surface area contributed by atoms with Gasteiger partial charge in [0.1, 0.15) is 6.26 Å². The zero-order valence-corrected chi connectivity index (χ0v) is 4.88. The fourth-order valence-electron chi connectivity index (χ4n) is 0.384. The lowest BCUT2D eigenvalue weighted by Gasteiger charge is -2.03. The van der Waals surface area contributed by atoms with Crippen LogP contribution in [0.4, 0.5) is 5.82 Å². The van der Waals surface area contributed by atoms with Crippen LogP contribution in [0.25, 0.3) is 0 Å². The second-order valence-electron chi connectivity index (χ2n) is 1.69. The smallest absolute Gasteiger partial charge is 0.285 e. The highest BCUT2D eigenvalue weighted by Gasteiger charge is 1.94. The van der Waals surface area contributed by atoms with Crippen LogP contribution >= 0.6 is 0 Å². The Morgan fingerprint density at radius 2 is 2.50 bits per heavy atom. The molecule has 0 saturated heterocycles. The second kappa shape index (κ2) is 1.86. The Labute approximate surface area is 47.9 Å². The van der Waals surface area contributed by atoms with Crippen LogP contribution in [0, 0.1) is 6.39 Å². The molecular weight excluding hydrogens is 104 g/mol. The lowest BCUT2D eigenvalue weighted by atomic mass is 10.7. The molecule has 0 aliphatic rings. The summed E-state index contributed by atoms with van der Waals surface area (Å²) in [6.45, 7) is 0. The number of aromatic nitrogens is 1. The molecule has 0 unspecified atom stereocenters. The van der Waals surface area contributed by atoms with Gasteiger partial charge in [-0.2, -0.15) is 4.98 Å². The summed E-state index contributed by atoms with van der Waals surface area (Å²) < 4.78 is 4.60. The van der Waals surface area contributed by atoms with Gasteiger partial charge >= 0.3 is 0 Å². The molecule has 0 N–H and O–H groups in total. The van der Waals surface area contributed by atoms with Gasteiger partial charge in [0.25, 0.3) is 6.39 Å². The molecule has 0 bridgehead atoms. The summed E-state index contributed by atoms with van der Waals surface area (Å²) in [4.78, 5) is 5.60. The minimum Gasteiger partial charge on any atom is -0.439 e. The molecule has 1 aromatic rings. The summed E-state index contributed by atoms with van der Waals surface area (Å²) in [6.07, 6.45) is 3.89. The van der Waals surface area contributed by atoms with Crippen LogP contribution in [0.3, 0.4) is 0 Å². The van der Waals surface area contributed by atoms with Crippen LogP contribution in [0.5, 0.6) is 0 Å². The summed E-state index contributed by atoms with van der Waals surface area (Å²) in [5.74, 6) is 0.796. The third-order valence-electron chi connectivity index (χ3n) is 0.835. The Bertz CT molecular complexity index is 145. The van der Waals surface area contributed by atoms with E-state index in [1.165, 1.54) is 0 Å². The predicted octanol–water partition coefficient (Wildman–Crippen LogP) is 0.541. The first kappa shape index (κ1) is 5.15. The van der Waals surface area contributed by atoms with Gasteiger partial charge in [-0.15, -0.1) is 0 Å². The molecule has 3 heteroatoms. The molecule has 0 saturated carbocycles. The van der Waals surface area contributed by atoms with Crippen molar-refractivity contribution in [3.8, 4) is 0 Å². The van der Waals surface area contributed by atoms with Crippen molar-refractivity contribution in [2.75, 3.05) is 19.0 Å². The monoisotopic (exact) mass is 111 g/mol. The van der Waals surface area contributed by atoms with Crippen molar-refractivity contribution >= 4 is 5.82 Å². The second-order valence-corrected chi connectivity index (χ2v) is 1.69. The first-order chi connectivity index (χ1) is 3.80. The summed E-state index contributed by atoms with van der Waals surface area (Å²) in [5.41, 5.74) is 0. The van der Waals surface area contributed by atoms with E-state index in [-0.39, 0.29) is 0 Å². The van der Waals surface area contributed by atoms with E-state index in [0.717, 1.165) is 5.82 Å². The van der Waals surface area contributed by atoms with Gasteiger partial charge in [0.2, 0.25) is 0 Å². The Hall–Kier alpha value is -0.990. The summed E-state index contributed by atoms with van der Waals surface area (Å²) >= 11 is 0. The fourth-order valence-corrected chi connectivity index (χ4v) is 0.384. The van der Waals surface area contributed by atoms with Crippen molar-refractivity contribution in [2.45, 2.75) is 0 Å². The number of hydrogen-bond donors (Lipinski definition) is 0. The van der Waals surface area contributed by atoms with Gasteiger partial charge in [0, 0.05) is 14.1 Å². The number of rotatable bonds is 1. The zero-order chi connectivity index (χ0) is 5.98. The van der Waals surface area contributed by atoms with Crippen molar-refractivity contribution < 1.29 is 4.42 Å². The minimum absolute atomic E-state index is 0.796. The molecular formula is C5H7N2O. The molecule has 0 aliphatic carbocycles. The maximum absolute atomic E-state index is 4.60.